The minimum atomic E-state index is -1.00. The van der Waals surface area contributed by atoms with Crippen molar-refractivity contribution >= 4 is 17.7 Å². The summed E-state index contributed by atoms with van der Waals surface area (Å²) in [6.45, 7) is 1.54. The van der Waals surface area contributed by atoms with Gasteiger partial charge in [0.25, 0.3) is 0 Å². The van der Waals surface area contributed by atoms with Crippen molar-refractivity contribution in [3.63, 3.8) is 0 Å². The number of hydroxylamine groups is 2. The van der Waals surface area contributed by atoms with Crippen molar-refractivity contribution in [2.75, 3.05) is 20.8 Å². The molecule has 2 aromatic rings. The Hall–Kier alpha value is -2.29. The fourth-order valence-corrected chi connectivity index (χ4v) is 2.21. The number of halogens is 1. The van der Waals surface area contributed by atoms with Crippen LogP contribution >= 0.6 is 11.6 Å². The number of aromatic nitrogens is 2. The largest absolute Gasteiger partial charge is 0.474 e. The Bertz CT molecular complexity index is 691. The van der Waals surface area contributed by atoms with Gasteiger partial charge < -0.3 is 14.6 Å². The van der Waals surface area contributed by atoms with Gasteiger partial charge in [-0.05, 0) is 31.2 Å². The summed E-state index contributed by atoms with van der Waals surface area (Å²) in [5.74, 6) is 0.336. The van der Waals surface area contributed by atoms with Gasteiger partial charge in [-0.3, -0.25) is 4.84 Å². The van der Waals surface area contributed by atoms with Crippen LogP contribution in [0.25, 0.3) is 5.69 Å². The van der Waals surface area contributed by atoms with Crippen LogP contribution in [-0.2, 0) is 9.57 Å². The molecule has 1 aromatic carbocycles. The van der Waals surface area contributed by atoms with E-state index in [9.17, 15) is 9.90 Å². The number of rotatable bonds is 7. The molecular formula is C16H20ClN3O5. The molecule has 1 aromatic heterocycles. The van der Waals surface area contributed by atoms with E-state index in [4.69, 9.17) is 21.2 Å². The van der Waals surface area contributed by atoms with Crippen LogP contribution in [0.1, 0.15) is 6.92 Å². The van der Waals surface area contributed by atoms with Gasteiger partial charge in [-0.1, -0.05) is 11.6 Å². The molecule has 0 aliphatic heterocycles. The Balaban J connectivity index is 1.94. The van der Waals surface area contributed by atoms with Gasteiger partial charge in [0.1, 0.15) is 12.7 Å². The second-order valence-electron chi connectivity index (χ2n) is 5.17. The zero-order valence-corrected chi connectivity index (χ0v) is 14.9. The number of hydrogen-bond acceptors (Lipinski definition) is 6. The van der Waals surface area contributed by atoms with Gasteiger partial charge in [0, 0.05) is 17.3 Å². The second-order valence-corrected chi connectivity index (χ2v) is 5.61. The lowest BCUT2D eigenvalue weighted by Gasteiger charge is -2.28. The Kier molecular flexibility index (Phi) is 6.63. The van der Waals surface area contributed by atoms with Crippen LogP contribution in [-0.4, -0.2) is 59.0 Å². The summed E-state index contributed by atoms with van der Waals surface area (Å²) >= 11 is 5.86. The third-order valence-corrected chi connectivity index (χ3v) is 3.79. The van der Waals surface area contributed by atoms with Crippen molar-refractivity contribution in [2.24, 2.45) is 0 Å². The number of aliphatic hydroxyl groups excluding tert-OH is 1. The zero-order chi connectivity index (χ0) is 18.4. The quantitative estimate of drug-likeness (QED) is 0.753. The normalized spacial score (nSPS) is 13.2. The van der Waals surface area contributed by atoms with Gasteiger partial charge in [0.05, 0.1) is 25.9 Å². The molecule has 0 fully saturated rings. The van der Waals surface area contributed by atoms with E-state index in [0.29, 0.717) is 10.9 Å². The molecule has 2 rings (SSSR count). The Morgan fingerprint density at radius 1 is 1.32 bits per heavy atom. The van der Waals surface area contributed by atoms with E-state index in [1.165, 1.54) is 14.2 Å². The Morgan fingerprint density at radius 3 is 2.60 bits per heavy atom. The van der Waals surface area contributed by atoms with E-state index < -0.39 is 18.2 Å². The van der Waals surface area contributed by atoms with Gasteiger partial charge in [0.2, 0.25) is 5.88 Å². The number of carbonyl (C=O) groups is 1. The third-order valence-electron chi connectivity index (χ3n) is 3.54. The van der Waals surface area contributed by atoms with Crippen LogP contribution in [0, 0.1) is 0 Å². The molecule has 9 heteroatoms. The molecule has 0 saturated carbocycles. The average Bonchev–Trinajstić information content (AvgIpc) is 3.09. The first kappa shape index (κ1) is 19.0. The van der Waals surface area contributed by atoms with Crippen LogP contribution in [0.15, 0.2) is 36.5 Å². The standard InChI is InChI=1S/C16H20ClN3O5/c1-11(20(24-3)16(22)23-2)14(21)10-25-15-8-9-19(18-15)13-6-4-12(17)5-7-13/h4-9,11,14,21H,10H2,1-3H3. The highest BCUT2D eigenvalue weighted by Crippen LogP contribution is 2.16. The summed E-state index contributed by atoms with van der Waals surface area (Å²) in [6.07, 6.45) is 0.0189. The highest BCUT2D eigenvalue weighted by atomic mass is 35.5. The fraction of sp³-hybridized carbons (Fsp3) is 0.375. The van der Waals surface area contributed by atoms with Crippen LogP contribution in [0.2, 0.25) is 5.02 Å². The van der Waals surface area contributed by atoms with Gasteiger partial charge in [-0.2, -0.15) is 5.06 Å². The van der Waals surface area contributed by atoms with Crippen molar-refractivity contribution in [3.8, 4) is 11.6 Å². The first-order valence-corrected chi connectivity index (χ1v) is 7.87. The molecule has 2 atom stereocenters. The summed E-state index contributed by atoms with van der Waals surface area (Å²) in [5, 5.41) is 16.0. The number of carbonyl (C=O) groups excluding carboxylic acids is 1. The summed E-state index contributed by atoms with van der Waals surface area (Å²) in [6, 6.07) is 8.16. The molecule has 1 amide bonds. The molecule has 0 aliphatic rings. The average molecular weight is 370 g/mol. The summed E-state index contributed by atoms with van der Waals surface area (Å²) < 4.78 is 11.7. The minimum absolute atomic E-state index is 0.0738. The van der Waals surface area contributed by atoms with Gasteiger partial charge in [-0.25, -0.2) is 9.48 Å². The minimum Gasteiger partial charge on any atom is -0.474 e. The molecule has 8 nitrogen and oxygen atoms in total. The molecule has 0 bridgehead atoms. The predicted octanol–water partition coefficient (Wildman–Crippen LogP) is 2.28. The maximum absolute atomic E-state index is 11.5. The lowest BCUT2D eigenvalue weighted by Crippen LogP contribution is -2.46. The van der Waals surface area contributed by atoms with E-state index in [0.717, 1.165) is 10.8 Å². The number of hydrogen-bond donors (Lipinski definition) is 1. The van der Waals surface area contributed by atoms with Crippen molar-refractivity contribution in [1.29, 1.82) is 0 Å². The van der Waals surface area contributed by atoms with E-state index in [1.807, 2.05) is 12.1 Å². The second kappa shape index (κ2) is 8.70. The SMILES string of the molecule is COC(=O)N(OC)C(C)C(O)COc1ccn(-c2ccc(Cl)cc2)n1. The molecule has 136 valence electrons. The van der Waals surface area contributed by atoms with Crippen molar-refractivity contribution in [2.45, 2.75) is 19.1 Å². The van der Waals surface area contributed by atoms with E-state index in [1.54, 1.807) is 36.0 Å². The highest BCUT2D eigenvalue weighted by molar-refractivity contribution is 6.30. The molecule has 0 spiro atoms. The van der Waals surface area contributed by atoms with Crippen molar-refractivity contribution < 1.29 is 24.2 Å². The maximum Gasteiger partial charge on any atom is 0.433 e. The smallest absolute Gasteiger partial charge is 0.433 e. The molecular weight excluding hydrogens is 350 g/mol. The van der Waals surface area contributed by atoms with E-state index >= 15 is 0 Å². The van der Waals surface area contributed by atoms with Gasteiger partial charge in [-0.15, -0.1) is 5.10 Å². The monoisotopic (exact) mass is 369 g/mol. The molecule has 25 heavy (non-hydrogen) atoms. The molecule has 2 unspecified atom stereocenters. The number of benzene rings is 1. The number of methoxy groups -OCH3 is 1. The van der Waals surface area contributed by atoms with Crippen LogP contribution in [0.4, 0.5) is 4.79 Å². The van der Waals surface area contributed by atoms with E-state index in [-0.39, 0.29) is 6.61 Å². The molecule has 0 aliphatic carbocycles. The summed E-state index contributed by atoms with van der Waals surface area (Å²) in [7, 11) is 2.54. The summed E-state index contributed by atoms with van der Waals surface area (Å²) in [5.41, 5.74) is 0.824. The van der Waals surface area contributed by atoms with Gasteiger partial charge >= 0.3 is 6.09 Å². The Labute approximate surface area is 150 Å². The Morgan fingerprint density at radius 2 is 2.00 bits per heavy atom. The number of ether oxygens (including phenoxy) is 2. The number of aliphatic hydroxyl groups is 1. The maximum atomic E-state index is 11.5. The van der Waals surface area contributed by atoms with Crippen molar-refractivity contribution in [3.05, 3.63) is 41.6 Å². The first-order valence-electron chi connectivity index (χ1n) is 7.50. The molecule has 1 heterocycles. The predicted molar refractivity (Wildman–Crippen MR) is 90.8 cm³/mol. The lowest BCUT2D eigenvalue weighted by atomic mass is 10.2. The van der Waals surface area contributed by atoms with Crippen LogP contribution in [0.3, 0.4) is 0 Å². The van der Waals surface area contributed by atoms with Gasteiger partial charge in [0.15, 0.2) is 0 Å². The highest BCUT2D eigenvalue weighted by Gasteiger charge is 2.28. The van der Waals surface area contributed by atoms with Crippen LogP contribution in [0.5, 0.6) is 5.88 Å². The third kappa shape index (κ3) is 4.85. The first-order chi connectivity index (χ1) is 12.0. The molecule has 0 radical (unpaired) electrons. The summed E-state index contributed by atoms with van der Waals surface area (Å²) in [4.78, 5) is 16.5. The fourth-order valence-electron chi connectivity index (χ4n) is 2.09. The topological polar surface area (TPSA) is 86.0 Å². The number of amides is 1. The molecule has 0 saturated heterocycles. The zero-order valence-electron chi connectivity index (χ0n) is 14.1. The van der Waals surface area contributed by atoms with E-state index in [2.05, 4.69) is 9.84 Å². The number of nitrogens with zero attached hydrogens (tertiary/aromatic N) is 3. The van der Waals surface area contributed by atoms with Crippen LogP contribution < -0.4 is 4.74 Å². The van der Waals surface area contributed by atoms with Crippen molar-refractivity contribution in [1.82, 2.24) is 14.8 Å². The lowest BCUT2D eigenvalue weighted by molar-refractivity contribution is -0.156. The molecule has 1 N–H and O–H groups in total.